The molecule has 1 aliphatic heterocycles. The van der Waals surface area contributed by atoms with E-state index in [1.807, 2.05) is 16.8 Å². The van der Waals surface area contributed by atoms with Gasteiger partial charge in [-0.3, -0.25) is 0 Å². The van der Waals surface area contributed by atoms with Crippen molar-refractivity contribution in [2.75, 3.05) is 12.4 Å². The van der Waals surface area contributed by atoms with Gasteiger partial charge in [-0.25, -0.2) is 9.48 Å². The number of carboxylic acid groups (broad SMARTS) is 1. The van der Waals surface area contributed by atoms with Gasteiger partial charge in [0.15, 0.2) is 0 Å². The number of hydrogen-bond acceptors (Lipinski definition) is 6. The van der Waals surface area contributed by atoms with Crippen molar-refractivity contribution in [2.45, 2.75) is 6.04 Å². The van der Waals surface area contributed by atoms with E-state index in [9.17, 15) is 4.79 Å². The van der Waals surface area contributed by atoms with Crippen molar-refractivity contribution in [3.63, 3.8) is 0 Å². The molecule has 1 unspecified atom stereocenters. The van der Waals surface area contributed by atoms with Crippen LogP contribution in [0, 0.1) is 0 Å². The standard InChI is InChI=1S/C11H10N4O3S/c1-18-11-13-10-12-7(9(16)17)4-8(15(10)14-11)6-2-3-19-5-6/h2-5,8H,1H3,(H,16,17)(H,12,13,14). The van der Waals surface area contributed by atoms with Crippen molar-refractivity contribution in [1.82, 2.24) is 14.8 Å². The lowest BCUT2D eigenvalue weighted by molar-refractivity contribution is -0.132. The molecular formula is C11H10N4O3S. The van der Waals surface area contributed by atoms with Gasteiger partial charge in [-0.15, -0.1) is 5.10 Å². The van der Waals surface area contributed by atoms with Gasteiger partial charge in [-0.2, -0.15) is 16.3 Å². The van der Waals surface area contributed by atoms with Crippen LogP contribution in [0.3, 0.4) is 0 Å². The molecule has 8 heteroatoms. The number of carboxylic acids is 1. The van der Waals surface area contributed by atoms with Crippen LogP contribution in [0.1, 0.15) is 11.6 Å². The average molecular weight is 278 g/mol. The number of allylic oxidation sites excluding steroid dienone is 1. The Morgan fingerprint density at radius 3 is 3.11 bits per heavy atom. The Hall–Kier alpha value is -2.35. The Morgan fingerprint density at radius 2 is 2.47 bits per heavy atom. The number of carbonyl (C=O) groups is 1. The number of nitrogens with zero attached hydrogens (tertiary/aromatic N) is 3. The molecule has 2 N–H and O–H groups in total. The Bertz CT molecular complexity index is 647. The lowest BCUT2D eigenvalue weighted by atomic mass is 10.1. The number of anilines is 1. The van der Waals surface area contributed by atoms with Gasteiger partial charge in [0.2, 0.25) is 5.95 Å². The average Bonchev–Trinajstić information content (AvgIpc) is 3.05. The van der Waals surface area contributed by atoms with Crippen LogP contribution in [-0.4, -0.2) is 33.0 Å². The second kappa shape index (κ2) is 4.39. The third-order valence-corrected chi connectivity index (χ3v) is 3.45. The zero-order valence-corrected chi connectivity index (χ0v) is 10.7. The van der Waals surface area contributed by atoms with Gasteiger partial charge < -0.3 is 15.2 Å². The molecule has 0 saturated heterocycles. The minimum Gasteiger partial charge on any atom is -0.477 e. The number of methoxy groups -OCH3 is 1. The number of ether oxygens (including phenoxy) is 1. The van der Waals surface area contributed by atoms with Crippen molar-refractivity contribution in [3.8, 4) is 6.01 Å². The second-order valence-electron chi connectivity index (χ2n) is 3.88. The van der Waals surface area contributed by atoms with Crippen LogP contribution in [0.2, 0.25) is 0 Å². The highest BCUT2D eigenvalue weighted by Crippen LogP contribution is 2.31. The van der Waals surface area contributed by atoms with Crippen LogP contribution in [0.25, 0.3) is 0 Å². The summed E-state index contributed by atoms with van der Waals surface area (Å²) >= 11 is 1.54. The van der Waals surface area contributed by atoms with E-state index in [4.69, 9.17) is 9.84 Å². The summed E-state index contributed by atoms with van der Waals surface area (Å²) in [5.74, 6) is -0.679. The van der Waals surface area contributed by atoms with E-state index in [2.05, 4.69) is 15.4 Å². The molecule has 2 aromatic heterocycles. The number of aliphatic carboxylic acids is 1. The summed E-state index contributed by atoms with van der Waals surface area (Å²) in [4.78, 5) is 15.2. The monoisotopic (exact) mass is 278 g/mol. The number of aromatic nitrogens is 3. The van der Waals surface area contributed by atoms with Crippen LogP contribution in [-0.2, 0) is 4.79 Å². The van der Waals surface area contributed by atoms with Crippen LogP contribution in [0.5, 0.6) is 6.01 Å². The number of hydrogen-bond donors (Lipinski definition) is 2. The third-order valence-electron chi connectivity index (χ3n) is 2.74. The molecule has 0 amide bonds. The van der Waals surface area contributed by atoms with E-state index in [1.165, 1.54) is 7.11 Å². The van der Waals surface area contributed by atoms with Crippen molar-refractivity contribution in [1.29, 1.82) is 0 Å². The van der Waals surface area contributed by atoms with E-state index in [0.29, 0.717) is 5.95 Å². The minimum absolute atomic E-state index is 0.0822. The van der Waals surface area contributed by atoms with E-state index in [0.717, 1.165) is 5.56 Å². The summed E-state index contributed by atoms with van der Waals surface area (Å²) in [6.07, 6.45) is 1.60. The van der Waals surface area contributed by atoms with E-state index in [1.54, 1.807) is 22.1 Å². The first-order valence-electron chi connectivity index (χ1n) is 5.44. The van der Waals surface area contributed by atoms with Crippen LogP contribution in [0.15, 0.2) is 28.6 Å². The lowest BCUT2D eigenvalue weighted by Crippen LogP contribution is -2.24. The summed E-state index contributed by atoms with van der Waals surface area (Å²) in [5.41, 5.74) is 1.04. The fourth-order valence-corrected chi connectivity index (χ4v) is 2.55. The molecule has 0 saturated carbocycles. The van der Waals surface area contributed by atoms with Crippen molar-refractivity contribution >= 4 is 23.3 Å². The fourth-order valence-electron chi connectivity index (χ4n) is 1.87. The highest BCUT2D eigenvalue weighted by atomic mass is 32.1. The van der Waals surface area contributed by atoms with Gasteiger partial charge in [0.1, 0.15) is 11.7 Å². The maximum absolute atomic E-state index is 11.1. The molecular weight excluding hydrogens is 268 g/mol. The SMILES string of the molecule is COc1nc2n(n1)C(c1ccsc1)C=C(C(=O)O)N2. The Morgan fingerprint density at radius 1 is 1.63 bits per heavy atom. The smallest absolute Gasteiger partial charge is 0.352 e. The van der Waals surface area contributed by atoms with Crippen LogP contribution < -0.4 is 10.1 Å². The summed E-state index contributed by atoms with van der Waals surface area (Å²) in [6.45, 7) is 0. The normalized spacial score (nSPS) is 17.3. The summed E-state index contributed by atoms with van der Waals surface area (Å²) in [5, 5.41) is 19.9. The molecule has 0 aromatic carbocycles. The molecule has 2 aromatic rings. The van der Waals surface area contributed by atoms with Crippen molar-refractivity contribution in [2.24, 2.45) is 0 Å². The van der Waals surface area contributed by atoms with Gasteiger partial charge in [-0.05, 0) is 28.5 Å². The maximum atomic E-state index is 11.1. The van der Waals surface area contributed by atoms with E-state index in [-0.39, 0.29) is 17.7 Å². The maximum Gasteiger partial charge on any atom is 0.352 e. The minimum atomic E-state index is -1.03. The number of thiophene rings is 1. The third kappa shape index (κ3) is 1.95. The van der Waals surface area contributed by atoms with Gasteiger partial charge >= 0.3 is 12.0 Å². The molecule has 1 aliphatic rings. The second-order valence-corrected chi connectivity index (χ2v) is 4.66. The highest BCUT2D eigenvalue weighted by Gasteiger charge is 2.27. The Labute approximate surface area is 112 Å². The molecule has 0 fully saturated rings. The fraction of sp³-hybridized carbons (Fsp3) is 0.182. The molecule has 98 valence electrons. The summed E-state index contributed by atoms with van der Waals surface area (Å²) in [6, 6.07) is 1.82. The van der Waals surface area contributed by atoms with Gasteiger partial charge in [0, 0.05) is 0 Å². The van der Waals surface area contributed by atoms with E-state index >= 15 is 0 Å². The van der Waals surface area contributed by atoms with Gasteiger partial charge in [0.25, 0.3) is 0 Å². The molecule has 0 aliphatic carbocycles. The Kier molecular flexibility index (Phi) is 2.71. The van der Waals surface area contributed by atoms with Crippen molar-refractivity contribution in [3.05, 3.63) is 34.2 Å². The van der Waals surface area contributed by atoms with Gasteiger partial charge in [-0.1, -0.05) is 0 Å². The molecule has 3 rings (SSSR count). The van der Waals surface area contributed by atoms with Gasteiger partial charge in [0.05, 0.1) is 7.11 Å². The number of rotatable bonds is 3. The molecule has 1 atom stereocenters. The summed E-state index contributed by atoms with van der Waals surface area (Å²) in [7, 11) is 1.46. The first-order valence-corrected chi connectivity index (χ1v) is 6.38. The molecule has 7 nitrogen and oxygen atoms in total. The lowest BCUT2D eigenvalue weighted by Gasteiger charge is -2.21. The van der Waals surface area contributed by atoms with Crippen LogP contribution >= 0.6 is 11.3 Å². The molecule has 0 radical (unpaired) electrons. The predicted octanol–water partition coefficient (Wildman–Crippen LogP) is 1.33. The highest BCUT2D eigenvalue weighted by molar-refractivity contribution is 7.08. The first kappa shape index (κ1) is 11.7. The largest absolute Gasteiger partial charge is 0.477 e. The quantitative estimate of drug-likeness (QED) is 0.880. The van der Waals surface area contributed by atoms with Crippen LogP contribution in [0.4, 0.5) is 5.95 Å². The first-order chi connectivity index (χ1) is 9.19. The summed E-state index contributed by atoms with van der Waals surface area (Å²) < 4.78 is 6.58. The predicted molar refractivity (Wildman–Crippen MR) is 68.4 cm³/mol. The molecule has 3 heterocycles. The zero-order chi connectivity index (χ0) is 13.4. The van der Waals surface area contributed by atoms with E-state index < -0.39 is 5.97 Å². The van der Waals surface area contributed by atoms with Crippen molar-refractivity contribution < 1.29 is 14.6 Å². The number of fused-ring (bicyclic) bond motifs is 1. The molecule has 0 bridgehead atoms. The zero-order valence-electron chi connectivity index (χ0n) is 9.90. The molecule has 19 heavy (non-hydrogen) atoms. The Balaban J connectivity index is 2.10. The number of nitrogens with one attached hydrogen (secondary N) is 1. The topological polar surface area (TPSA) is 89.3 Å². The molecule has 0 spiro atoms.